The average molecular weight is 266 g/mol. The summed E-state index contributed by atoms with van der Waals surface area (Å²) in [5.74, 6) is 6.15. The second-order valence-electron chi connectivity index (χ2n) is 3.99. The van der Waals surface area contributed by atoms with Gasteiger partial charge in [0.2, 0.25) is 5.95 Å². The smallest absolute Gasteiger partial charge is 0.241 e. The lowest BCUT2D eigenvalue weighted by Gasteiger charge is -2.08. The molecule has 0 aliphatic carbocycles. The molecule has 0 fully saturated rings. The normalized spacial score (nSPS) is 10.2. The van der Waals surface area contributed by atoms with Crippen LogP contribution >= 0.6 is 0 Å². The van der Waals surface area contributed by atoms with E-state index in [1.807, 2.05) is 6.07 Å². The van der Waals surface area contributed by atoms with Gasteiger partial charge in [-0.05, 0) is 18.2 Å². The molecule has 0 amide bonds. The van der Waals surface area contributed by atoms with Crippen molar-refractivity contribution in [2.24, 2.45) is 5.84 Å². The number of hydrogen-bond acceptors (Lipinski definition) is 7. The first-order valence-corrected chi connectivity index (χ1v) is 5.75. The monoisotopic (exact) mass is 266 g/mol. The Hall–Kier alpha value is -3.18. The fourth-order valence-electron chi connectivity index (χ4n) is 1.80. The highest BCUT2D eigenvalue weighted by Gasteiger charge is 2.09. The number of nitriles is 1. The molecule has 0 atom stereocenters. The van der Waals surface area contributed by atoms with Gasteiger partial charge in [0.1, 0.15) is 5.82 Å². The number of benzene rings is 1. The van der Waals surface area contributed by atoms with E-state index >= 15 is 0 Å². The molecule has 0 bridgehead atoms. The van der Waals surface area contributed by atoms with Crippen LogP contribution < -0.4 is 16.6 Å². The molecule has 2 aromatic heterocycles. The molecule has 0 saturated heterocycles. The first-order chi connectivity index (χ1) is 9.80. The molecule has 0 aliphatic rings. The number of aromatic amines is 1. The highest BCUT2D eigenvalue weighted by atomic mass is 15.3. The lowest BCUT2D eigenvalue weighted by atomic mass is 10.2. The second kappa shape index (κ2) is 4.83. The van der Waals surface area contributed by atoms with E-state index in [9.17, 15) is 0 Å². The van der Waals surface area contributed by atoms with Gasteiger partial charge in [-0.2, -0.15) is 20.3 Å². The largest absolute Gasteiger partial charge is 0.339 e. The van der Waals surface area contributed by atoms with Crippen LogP contribution in [0.15, 0.2) is 30.5 Å². The molecule has 2 heterocycles. The van der Waals surface area contributed by atoms with Gasteiger partial charge in [-0.1, -0.05) is 6.07 Å². The zero-order valence-electron chi connectivity index (χ0n) is 10.3. The maximum absolute atomic E-state index is 8.90. The van der Waals surface area contributed by atoms with E-state index in [4.69, 9.17) is 11.1 Å². The van der Waals surface area contributed by atoms with E-state index < -0.39 is 0 Å². The Morgan fingerprint density at radius 2 is 2.20 bits per heavy atom. The molecule has 0 spiro atoms. The molecule has 0 unspecified atom stereocenters. The Labute approximate surface area is 113 Å². The van der Waals surface area contributed by atoms with Crippen LogP contribution in [0.2, 0.25) is 0 Å². The third kappa shape index (κ3) is 2.09. The Morgan fingerprint density at radius 1 is 1.30 bits per heavy atom. The van der Waals surface area contributed by atoms with Crippen molar-refractivity contribution in [1.29, 1.82) is 5.26 Å². The molecule has 5 N–H and O–H groups in total. The maximum atomic E-state index is 8.90. The van der Waals surface area contributed by atoms with Gasteiger partial charge >= 0.3 is 0 Å². The number of anilines is 3. The van der Waals surface area contributed by atoms with Gasteiger partial charge in [-0.25, -0.2) is 5.84 Å². The second-order valence-corrected chi connectivity index (χ2v) is 3.99. The minimum Gasteiger partial charge on any atom is -0.339 e. The summed E-state index contributed by atoms with van der Waals surface area (Å²) in [6, 6.07) is 9.16. The summed E-state index contributed by atoms with van der Waals surface area (Å²) < 4.78 is 0. The summed E-state index contributed by atoms with van der Waals surface area (Å²) in [6.45, 7) is 0. The van der Waals surface area contributed by atoms with Gasteiger partial charge in [0.15, 0.2) is 5.65 Å². The molecular weight excluding hydrogens is 256 g/mol. The van der Waals surface area contributed by atoms with Crippen LogP contribution in [0, 0.1) is 11.3 Å². The van der Waals surface area contributed by atoms with Crippen molar-refractivity contribution in [2.75, 3.05) is 10.7 Å². The molecule has 98 valence electrons. The molecule has 20 heavy (non-hydrogen) atoms. The number of nitrogen functional groups attached to an aromatic ring is 1. The van der Waals surface area contributed by atoms with Crippen LogP contribution in [0.4, 0.5) is 17.5 Å². The van der Waals surface area contributed by atoms with Crippen LogP contribution in [-0.2, 0) is 0 Å². The lowest BCUT2D eigenvalue weighted by molar-refractivity contribution is 1.08. The predicted octanol–water partition coefficient (Wildman–Crippen LogP) is 1.25. The van der Waals surface area contributed by atoms with Crippen molar-refractivity contribution in [1.82, 2.24) is 20.2 Å². The quantitative estimate of drug-likeness (QED) is 0.415. The highest BCUT2D eigenvalue weighted by Crippen LogP contribution is 2.23. The Morgan fingerprint density at radius 3 is 3.00 bits per heavy atom. The van der Waals surface area contributed by atoms with Crippen molar-refractivity contribution >= 4 is 28.5 Å². The van der Waals surface area contributed by atoms with E-state index in [1.165, 1.54) is 0 Å². The SMILES string of the molecule is N#Cc1cccc(Nc2nc(NN)nc3[nH]ncc23)c1. The van der Waals surface area contributed by atoms with E-state index in [-0.39, 0.29) is 5.95 Å². The molecule has 8 nitrogen and oxygen atoms in total. The summed E-state index contributed by atoms with van der Waals surface area (Å²) in [4.78, 5) is 8.37. The third-order valence-electron chi connectivity index (χ3n) is 2.69. The van der Waals surface area contributed by atoms with Gasteiger partial charge in [0, 0.05) is 5.69 Å². The van der Waals surface area contributed by atoms with Crippen LogP contribution in [0.25, 0.3) is 11.0 Å². The Kier molecular flexibility index (Phi) is 2.87. The van der Waals surface area contributed by atoms with Crippen LogP contribution in [0.5, 0.6) is 0 Å². The first-order valence-electron chi connectivity index (χ1n) is 5.75. The number of hydrogen-bond donors (Lipinski definition) is 4. The maximum Gasteiger partial charge on any atom is 0.241 e. The summed E-state index contributed by atoms with van der Waals surface area (Å²) in [7, 11) is 0. The number of nitrogens with two attached hydrogens (primary N) is 1. The average Bonchev–Trinajstić information content (AvgIpc) is 2.96. The molecular formula is C12H10N8. The van der Waals surface area contributed by atoms with Gasteiger partial charge < -0.3 is 5.32 Å². The molecule has 8 heteroatoms. The Balaban J connectivity index is 2.05. The predicted molar refractivity (Wildman–Crippen MR) is 73.9 cm³/mol. The van der Waals surface area contributed by atoms with E-state index in [1.54, 1.807) is 24.4 Å². The number of nitrogens with one attached hydrogen (secondary N) is 3. The number of fused-ring (bicyclic) bond motifs is 1. The van der Waals surface area contributed by atoms with Gasteiger partial charge in [-0.3, -0.25) is 10.5 Å². The molecule has 1 aromatic carbocycles. The van der Waals surface area contributed by atoms with Gasteiger partial charge in [-0.15, -0.1) is 0 Å². The summed E-state index contributed by atoms with van der Waals surface area (Å²) in [5.41, 5.74) is 4.26. The van der Waals surface area contributed by atoms with Crippen molar-refractivity contribution in [3.05, 3.63) is 36.0 Å². The van der Waals surface area contributed by atoms with Gasteiger partial charge in [0.25, 0.3) is 0 Å². The number of aromatic nitrogens is 4. The third-order valence-corrected chi connectivity index (χ3v) is 2.69. The summed E-state index contributed by atoms with van der Waals surface area (Å²) in [6.07, 6.45) is 1.62. The fourth-order valence-corrected chi connectivity index (χ4v) is 1.80. The zero-order valence-corrected chi connectivity index (χ0v) is 10.3. The number of H-pyrrole nitrogens is 1. The minimum absolute atomic E-state index is 0.265. The highest BCUT2D eigenvalue weighted by molar-refractivity contribution is 5.89. The first kappa shape index (κ1) is 11.9. The van der Waals surface area contributed by atoms with Crippen molar-refractivity contribution in [3.63, 3.8) is 0 Å². The van der Waals surface area contributed by atoms with Crippen molar-refractivity contribution < 1.29 is 0 Å². The Bertz CT molecular complexity index is 801. The summed E-state index contributed by atoms with van der Waals surface area (Å²) >= 11 is 0. The van der Waals surface area contributed by atoms with E-state index in [0.29, 0.717) is 17.0 Å². The topological polar surface area (TPSA) is 128 Å². The lowest BCUT2D eigenvalue weighted by Crippen LogP contribution is -2.11. The molecule has 3 rings (SSSR count). The van der Waals surface area contributed by atoms with E-state index in [2.05, 4.69) is 37.0 Å². The van der Waals surface area contributed by atoms with Crippen molar-refractivity contribution in [2.45, 2.75) is 0 Å². The minimum atomic E-state index is 0.265. The van der Waals surface area contributed by atoms with Crippen LogP contribution in [0.1, 0.15) is 5.56 Å². The zero-order chi connectivity index (χ0) is 13.9. The number of hydrazine groups is 1. The molecule has 0 aliphatic heterocycles. The van der Waals surface area contributed by atoms with Crippen molar-refractivity contribution in [3.8, 4) is 6.07 Å². The van der Waals surface area contributed by atoms with Crippen LogP contribution in [0.3, 0.4) is 0 Å². The standard InChI is InChI=1S/C12H10N8/c13-5-7-2-1-3-8(4-7)16-10-9-6-15-20-11(9)18-12(17-10)19-14/h1-4,6H,14H2,(H3,15,16,17,18,19,20). The molecule has 0 saturated carbocycles. The van der Waals surface area contributed by atoms with Gasteiger partial charge in [0.05, 0.1) is 23.2 Å². The van der Waals surface area contributed by atoms with Crippen LogP contribution in [-0.4, -0.2) is 20.2 Å². The fraction of sp³-hybridized carbons (Fsp3) is 0. The number of nitrogens with zero attached hydrogens (tertiary/aromatic N) is 4. The van der Waals surface area contributed by atoms with E-state index in [0.717, 1.165) is 11.1 Å². The number of rotatable bonds is 3. The molecule has 3 aromatic rings. The summed E-state index contributed by atoms with van der Waals surface area (Å²) in [5, 5.41) is 19.4. The molecule has 0 radical (unpaired) electrons.